The van der Waals surface area contributed by atoms with Gasteiger partial charge in [0, 0.05) is 19.0 Å². The van der Waals surface area contributed by atoms with E-state index in [2.05, 4.69) is 36.2 Å². The predicted molar refractivity (Wildman–Crippen MR) is 61.7 cm³/mol. The maximum atomic E-state index is 4.32. The topological polar surface area (TPSA) is 42.7 Å². The van der Waals surface area contributed by atoms with Gasteiger partial charge in [0.25, 0.3) is 0 Å². The van der Waals surface area contributed by atoms with Crippen LogP contribution in [-0.2, 0) is 13.0 Å². The van der Waals surface area contributed by atoms with Gasteiger partial charge in [-0.25, -0.2) is 4.98 Å². The molecule has 1 rings (SSSR count). The van der Waals surface area contributed by atoms with E-state index >= 15 is 0 Å². The van der Waals surface area contributed by atoms with Crippen molar-refractivity contribution >= 4 is 0 Å². The number of aryl methyl sites for hydroxylation is 1. The van der Waals surface area contributed by atoms with Crippen molar-refractivity contribution in [3.8, 4) is 0 Å². The van der Waals surface area contributed by atoms with E-state index in [0.717, 1.165) is 25.2 Å². The maximum absolute atomic E-state index is 4.32. The summed E-state index contributed by atoms with van der Waals surface area (Å²) in [5.41, 5.74) is 0. The summed E-state index contributed by atoms with van der Waals surface area (Å²) in [6, 6.07) is 0.511. The Hall–Kier alpha value is -0.900. The van der Waals surface area contributed by atoms with Gasteiger partial charge in [-0.1, -0.05) is 13.8 Å². The molecule has 1 N–H and O–H groups in total. The summed E-state index contributed by atoms with van der Waals surface area (Å²) in [6.45, 7) is 7.57. The first kappa shape index (κ1) is 12.2. The largest absolute Gasteiger partial charge is 0.317 e. The molecule has 0 bridgehead atoms. The Morgan fingerprint density at radius 3 is 2.80 bits per heavy atom. The van der Waals surface area contributed by atoms with Gasteiger partial charge in [-0.2, -0.15) is 5.10 Å². The normalized spacial score (nSPS) is 15.2. The van der Waals surface area contributed by atoms with E-state index in [9.17, 15) is 0 Å². The molecule has 0 spiro atoms. The average molecular weight is 210 g/mol. The Morgan fingerprint density at radius 2 is 2.20 bits per heavy atom. The molecule has 15 heavy (non-hydrogen) atoms. The van der Waals surface area contributed by atoms with Crippen LogP contribution < -0.4 is 5.32 Å². The summed E-state index contributed by atoms with van der Waals surface area (Å²) in [6.07, 6.45) is 3.75. The smallest absolute Gasteiger partial charge is 0.138 e. The lowest BCUT2D eigenvalue weighted by Gasteiger charge is -2.18. The molecule has 0 aliphatic rings. The SMILES string of the molecule is CCCn1ncnc1CC(C)C(C)NC. The lowest BCUT2D eigenvalue weighted by atomic mass is 10.00. The summed E-state index contributed by atoms with van der Waals surface area (Å²) in [5, 5.41) is 7.50. The number of hydrogen-bond donors (Lipinski definition) is 1. The lowest BCUT2D eigenvalue weighted by Crippen LogP contribution is -2.30. The Bertz CT molecular complexity index is 282. The minimum atomic E-state index is 0.511. The van der Waals surface area contributed by atoms with Crippen LogP contribution in [0.5, 0.6) is 0 Å². The molecule has 86 valence electrons. The van der Waals surface area contributed by atoms with Crippen molar-refractivity contribution in [3.63, 3.8) is 0 Å². The van der Waals surface area contributed by atoms with Crippen LogP contribution in [0.4, 0.5) is 0 Å². The fraction of sp³-hybridized carbons (Fsp3) is 0.818. The summed E-state index contributed by atoms with van der Waals surface area (Å²) in [5.74, 6) is 1.68. The van der Waals surface area contributed by atoms with Crippen LogP contribution in [-0.4, -0.2) is 27.9 Å². The molecule has 1 aromatic rings. The zero-order valence-corrected chi connectivity index (χ0v) is 10.2. The Balaban J connectivity index is 2.59. The van der Waals surface area contributed by atoms with E-state index < -0.39 is 0 Å². The molecule has 0 saturated heterocycles. The molecule has 0 aliphatic carbocycles. The average Bonchev–Trinajstić information content (AvgIpc) is 2.65. The Labute approximate surface area is 92.1 Å². The molecule has 0 radical (unpaired) electrons. The molecule has 0 fully saturated rings. The second-order valence-electron chi connectivity index (χ2n) is 4.16. The van der Waals surface area contributed by atoms with Crippen molar-refractivity contribution in [1.29, 1.82) is 0 Å². The molecule has 4 heteroatoms. The molecular formula is C11H22N4. The van der Waals surface area contributed by atoms with Crippen LogP contribution in [0.3, 0.4) is 0 Å². The van der Waals surface area contributed by atoms with Crippen molar-refractivity contribution in [1.82, 2.24) is 20.1 Å². The van der Waals surface area contributed by atoms with E-state index in [1.165, 1.54) is 0 Å². The van der Waals surface area contributed by atoms with Crippen molar-refractivity contribution in [2.45, 2.75) is 46.2 Å². The summed E-state index contributed by atoms with van der Waals surface area (Å²) in [7, 11) is 2.00. The highest BCUT2D eigenvalue weighted by Gasteiger charge is 2.14. The van der Waals surface area contributed by atoms with Gasteiger partial charge < -0.3 is 5.32 Å². The molecule has 1 heterocycles. The second kappa shape index (κ2) is 5.85. The molecule has 0 aliphatic heterocycles. The minimum Gasteiger partial charge on any atom is -0.317 e. The minimum absolute atomic E-state index is 0.511. The van der Waals surface area contributed by atoms with Gasteiger partial charge in [-0.05, 0) is 26.3 Å². The van der Waals surface area contributed by atoms with Gasteiger partial charge in [0.15, 0.2) is 0 Å². The van der Waals surface area contributed by atoms with Crippen LogP contribution in [0.15, 0.2) is 6.33 Å². The van der Waals surface area contributed by atoms with E-state index in [-0.39, 0.29) is 0 Å². The molecule has 4 nitrogen and oxygen atoms in total. The van der Waals surface area contributed by atoms with Gasteiger partial charge in [0.1, 0.15) is 12.2 Å². The fourth-order valence-electron chi connectivity index (χ4n) is 1.59. The first-order valence-corrected chi connectivity index (χ1v) is 5.73. The van der Waals surface area contributed by atoms with Crippen LogP contribution in [0.2, 0.25) is 0 Å². The molecular weight excluding hydrogens is 188 g/mol. The number of nitrogens with one attached hydrogen (secondary N) is 1. The standard InChI is InChI=1S/C11H22N4/c1-5-6-15-11(13-8-14-15)7-9(2)10(3)12-4/h8-10,12H,5-7H2,1-4H3. The van der Waals surface area contributed by atoms with Crippen molar-refractivity contribution in [3.05, 3.63) is 12.2 Å². The van der Waals surface area contributed by atoms with E-state index in [4.69, 9.17) is 0 Å². The molecule has 2 unspecified atom stereocenters. The summed E-state index contributed by atoms with van der Waals surface area (Å²) < 4.78 is 2.01. The highest BCUT2D eigenvalue weighted by atomic mass is 15.3. The van der Waals surface area contributed by atoms with Crippen molar-refractivity contribution in [2.75, 3.05) is 7.05 Å². The van der Waals surface area contributed by atoms with Crippen LogP contribution in [0.1, 0.15) is 33.0 Å². The predicted octanol–water partition coefficient (Wildman–Crippen LogP) is 1.47. The number of hydrogen-bond acceptors (Lipinski definition) is 3. The third-order valence-corrected chi connectivity index (χ3v) is 2.94. The maximum Gasteiger partial charge on any atom is 0.138 e. The zero-order valence-electron chi connectivity index (χ0n) is 10.2. The molecule has 0 saturated carbocycles. The van der Waals surface area contributed by atoms with E-state index in [0.29, 0.717) is 12.0 Å². The van der Waals surface area contributed by atoms with Crippen molar-refractivity contribution in [2.24, 2.45) is 5.92 Å². The first-order valence-electron chi connectivity index (χ1n) is 5.73. The molecule has 1 aromatic heterocycles. The van der Waals surface area contributed by atoms with Gasteiger partial charge in [0.05, 0.1) is 0 Å². The lowest BCUT2D eigenvalue weighted by molar-refractivity contribution is 0.405. The van der Waals surface area contributed by atoms with Gasteiger partial charge >= 0.3 is 0 Å². The summed E-state index contributed by atoms with van der Waals surface area (Å²) >= 11 is 0. The number of rotatable bonds is 6. The first-order chi connectivity index (χ1) is 7.19. The summed E-state index contributed by atoms with van der Waals surface area (Å²) in [4.78, 5) is 4.32. The Morgan fingerprint density at radius 1 is 1.47 bits per heavy atom. The monoisotopic (exact) mass is 210 g/mol. The van der Waals surface area contributed by atoms with Gasteiger partial charge in [0.2, 0.25) is 0 Å². The van der Waals surface area contributed by atoms with E-state index in [1.54, 1.807) is 6.33 Å². The number of aromatic nitrogens is 3. The van der Waals surface area contributed by atoms with Gasteiger partial charge in [-0.3, -0.25) is 4.68 Å². The van der Waals surface area contributed by atoms with Gasteiger partial charge in [-0.15, -0.1) is 0 Å². The second-order valence-corrected chi connectivity index (χ2v) is 4.16. The van der Waals surface area contributed by atoms with Crippen LogP contribution in [0.25, 0.3) is 0 Å². The number of nitrogens with zero attached hydrogens (tertiary/aromatic N) is 3. The molecule has 0 amide bonds. The quantitative estimate of drug-likeness (QED) is 0.773. The van der Waals surface area contributed by atoms with Crippen LogP contribution >= 0.6 is 0 Å². The zero-order chi connectivity index (χ0) is 11.3. The third kappa shape index (κ3) is 3.30. The van der Waals surface area contributed by atoms with Crippen LogP contribution in [0, 0.1) is 5.92 Å². The third-order valence-electron chi connectivity index (χ3n) is 2.94. The molecule has 0 aromatic carbocycles. The fourth-order valence-corrected chi connectivity index (χ4v) is 1.59. The highest BCUT2D eigenvalue weighted by molar-refractivity contribution is 4.88. The Kier molecular flexibility index (Phi) is 4.75. The highest BCUT2D eigenvalue weighted by Crippen LogP contribution is 2.09. The van der Waals surface area contributed by atoms with E-state index in [1.807, 2.05) is 11.7 Å². The van der Waals surface area contributed by atoms with Crippen molar-refractivity contribution < 1.29 is 0 Å². The molecule has 2 atom stereocenters.